The fourth-order valence-electron chi connectivity index (χ4n) is 4.88. The lowest BCUT2D eigenvalue weighted by Gasteiger charge is -2.26. The van der Waals surface area contributed by atoms with Crippen LogP contribution in [0.15, 0.2) is 72.8 Å². The van der Waals surface area contributed by atoms with Crippen molar-refractivity contribution in [2.75, 3.05) is 11.4 Å². The van der Waals surface area contributed by atoms with Crippen molar-refractivity contribution in [1.82, 2.24) is 10.2 Å². The lowest BCUT2D eigenvalue weighted by molar-refractivity contribution is -0.122. The van der Waals surface area contributed by atoms with E-state index in [-0.39, 0.29) is 36.1 Å². The Morgan fingerprint density at radius 1 is 1.06 bits per heavy atom. The zero-order chi connectivity index (χ0) is 24.5. The Morgan fingerprint density at radius 3 is 2.63 bits per heavy atom. The number of para-hydroxylation sites is 1. The number of fused-ring (bicyclic) bond motifs is 2. The SMILES string of the molecule is C[C@H](NC(=O)c1cccc(CN2C(=O)[C@@H]3CCCN3C(=O)c3ccccc32)c1)c1ccc(F)cc1. The summed E-state index contributed by atoms with van der Waals surface area (Å²) in [5.41, 5.74) is 3.16. The molecule has 0 aromatic heterocycles. The van der Waals surface area contributed by atoms with Crippen LogP contribution in [0.3, 0.4) is 0 Å². The fourth-order valence-corrected chi connectivity index (χ4v) is 4.88. The van der Waals surface area contributed by atoms with Gasteiger partial charge in [-0.05, 0) is 67.3 Å². The Bertz CT molecular complexity index is 1290. The molecular weight excluding hydrogens is 445 g/mol. The Hall–Kier alpha value is -4.00. The molecule has 1 N–H and O–H groups in total. The average Bonchev–Trinajstić information content (AvgIpc) is 3.34. The molecule has 3 aromatic carbocycles. The molecule has 2 aliphatic rings. The topological polar surface area (TPSA) is 69.7 Å². The smallest absolute Gasteiger partial charge is 0.256 e. The number of benzene rings is 3. The molecule has 1 fully saturated rings. The van der Waals surface area contributed by atoms with E-state index in [9.17, 15) is 18.8 Å². The third-order valence-corrected chi connectivity index (χ3v) is 6.74. The van der Waals surface area contributed by atoms with Crippen LogP contribution in [0, 0.1) is 5.82 Å². The van der Waals surface area contributed by atoms with Crippen molar-refractivity contribution < 1.29 is 18.8 Å². The molecule has 0 saturated carbocycles. The van der Waals surface area contributed by atoms with Crippen molar-refractivity contribution >= 4 is 23.4 Å². The second-order valence-corrected chi connectivity index (χ2v) is 9.05. The molecule has 0 bridgehead atoms. The van der Waals surface area contributed by atoms with E-state index in [0.29, 0.717) is 29.8 Å². The molecular formula is C28H26FN3O3. The minimum absolute atomic E-state index is 0.0967. The second-order valence-electron chi connectivity index (χ2n) is 9.05. The van der Waals surface area contributed by atoms with Crippen molar-refractivity contribution in [1.29, 1.82) is 0 Å². The van der Waals surface area contributed by atoms with Crippen LogP contribution in [0.25, 0.3) is 0 Å². The van der Waals surface area contributed by atoms with Crippen molar-refractivity contribution in [2.45, 2.75) is 38.4 Å². The first-order valence-corrected chi connectivity index (χ1v) is 11.8. The molecule has 3 aromatic rings. The first-order valence-electron chi connectivity index (χ1n) is 11.8. The number of carbonyl (C=O) groups is 3. The maximum atomic E-state index is 13.5. The summed E-state index contributed by atoms with van der Waals surface area (Å²) in [6.45, 7) is 2.67. The minimum Gasteiger partial charge on any atom is -0.346 e. The highest BCUT2D eigenvalue weighted by Crippen LogP contribution is 2.33. The molecule has 0 aliphatic carbocycles. The Labute approximate surface area is 203 Å². The molecule has 2 atom stereocenters. The largest absolute Gasteiger partial charge is 0.346 e. The van der Waals surface area contributed by atoms with E-state index < -0.39 is 6.04 Å². The molecule has 5 rings (SSSR count). The van der Waals surface area contributed by atoms with Crippen LogP contribution in [0.2, 0.25) is 0 Å². The van der Waals surface area contributed by atoms with E-state index in [0.717, 1.165) is 17.5 Å². The number of rotatable bonds is 5. The molecule has 2 aliphatic heterocycles. The van der Waals surface area contributed by atoms with Gasteiger partial charge < -0.3 is 15.1 Å². The van der Waals surface area contributed by atoms with Crippen LogP contribution < -0.4 is 10.2 Å². The normalized spacial score (nSPS) is 18.1. The van der Waals surface area contributed by atoms with Crippen molar-refractivity contribution in [3.8, 4) is 0 Å². The predicted molar refractivity (Wildman–Crippen MR) is 130 cm³/mol. The maximum Gasteiger partial charge on any atom is 0.256 e. The summed E-state index contributed by atoms with van der Waals surface area (Å²) < 4.78 is 13.2. The summed E-state index contributed by atoms with van der Waals surface area (Å²) in [6.07, 6.45) is 1.46. The Kier molecular flexibility index (Phi) is 6.07. The van der Waals surface area contributed by atoms with Gasteiger partial charge in [-0.25, -0.2) is 4.39 Å². The van der Waals surface area contributed by atoms with Gasteiger partial charge in [-0.2, -0.15) is 0 Å². The van der Waals surface area contributed by atoms with E-state index in [4.69, 9.17) is 0 Å². The predicted octanol–water partition coefficient (Wildman–Crippen LogP) is 4.47. The maximum absolute atomic E-state index is 13.5. The van der Waals surface area contributed by atoms with Crippen LogP contribution >= 0.6 is 0 Å². The Balaban J connectivity index is 1.39. The molecule has 178 valence electrons. The lowest BCUT2D eigenvalue weighted by atomic mass is 10.1. The zero-order valence-electron chi connectivity index (χ0n) is 19.4. The standard InChI is InChI=1S/C28H26FN3O3/c1-18(20-11-13-22(29)14-12-20)30-26(33)21-7-4-6-19(16-21)17-32-24-9-3-2-8-23(24)27(34)31-15-5-10-25(31)28(32)35/h2-4,6-9,11-14,16,18,25H,5,10,15,17H2,1H3,(H,30,33)/t18-,25-/m0/s1. The van der Waals surface area contributed by atoms with Gasteiger partial charge in [-0.1, -0.05) is 36.4 Å². The van der Waals surface area contributed by atoms with Crippen LogP contribution in [0.1, 0.15) is 57.7 Å². The molecule has 3 amide bonds. The summed E-state index contributed by atoms with van der Waals surface area (Å²) in [5.74, 6) is -0.794. The van der Waals surface area contributed by atoms with E-state index in [2.05, 4.69) is 5.32 Å². The number of carbonyl (C=O) groups excluding carboxylic acids is 3. The summed E-state index contributed by atoms with van der Waals surface area (Å²) in [4.78, 5) is 42.9. The molecule has 2 heterocycles. The highest BCUT2D eigenvalue weighted by Gasteiger charge is 2.41. The monoisotopic (exact) mass is 471 g/mol. The Morgan fingerprint density at radius 2 is 1.83 bits per heavy atom. The quantitative estimate of drug-likeness (QED) is 0.597. The number of amides is 3. The lowest BCUT2D eigenvalue weighted by Crippen LogP contribution is -2.44. The van der Waals surface area contributed by atoms with Crippen LogP contribution in [0.4, 0.5) is 10.1 Å². The molecule has 7 heteroatoms. The number of anilines is 1. The molecule has 35 heavy (non-hydrogen) atoms. The van der Waals surface area contributed by atoms with Gasteiger partial charge in [0.05, 0.1) is 23.8 Å². The van der Waals surface area contributed by atoms with E-state index >= 15 is 0 Å². The molecule has 1 saturated heterocycles. The highest BCUT2D eigenvalue weighted by molar-refractivity contribution is 6.11. The number of nitrogens with zero attached hydrogens (tertiary/aromatic N) is 2. The van der Waals surface area contributed by atoms with Gasteiger partial charge in [0.1, 0.15) is 11.9 Å². The van der Waals surface area contributed by atoms with Gasteiger partial charge in [0.2, 0.25) is 5.91 Å². The van der Waals surface area contributed by atoms with Crippen molar-refractivity contribution in [3.63, 3.8) is 0 Å². The van der Waals surface area contributed by atoms with Gasteiger partial charge >= 0.3 is 0 Å². The minimum atomic E-state index is -0.460. The highest BCUT2D eigenvalue weighted by atomic mass is 19.1. The average molecular weight is 472 g/mol. The van der Waals surface area contributed by atoms with E-state index in [1.807, 2.05) is 25.1 Å². The van der Waals surface area contributed by atoms with Gasteiger partial charge in [-0.3, -0.25) is 14.4 Å². The van der Waals surface area contributed by atoms with Gasteiger partial charge in [-0.15, -0.1) is 0 Å². The van der Waals surface area contributed by atoms with Crippen LogP contribution in [-0.2, 0) is 11.3 Å². The number of hydrogen-bond donors (Lipinski definition) is 1. The summed E-state index contributed by atoms with van der Waals surface area (Å²) in [5, 5.41) is 2.94. The zero-order valence-corrected chi connectivity index (χ0v) is 19.4. The third kappa shape index (κ3) is 4.41. The van der Waals surface area contributed by atoms with Crippen LogP contribution in [0.5, 0.6) is 0 Å². The number of hydrogen-bond acceptors (Lipinski definition) is 3. The third-order valence-electron chi connectivity index (χ3n) is 6.74. The van der Waals surface area contributed by atoms with E-state index in [1.165, 1.54) is 12.1 Å². The second kappa shape index (κ2) is 9.33. The molecule has 6 nitrogen and oxygen atoms in total. The number of halogens is 1. The summed E-state index contributed by atoms with van der Waals surface area (Å²) >= 11 is 0. The van der Waals surface area contributed by atoms with Gasteiger partial charge in [0, 0.05) is 12.1 Å². The van der Waals surface area contributed by atoms with Crippen LogP contribution in [-0.4, -0.2) is 35.2 Å². The molecule has 0 spiro atoms. The summed E-state index contributed by atoms with van der Waals surface area (Å²) in [7, 11) is 0. The van der Waals surface area contributed by atoms with Gasteiger partial charge in [0.25, 0.3) is 11.8 Å². The first kappa shape index (κ1) is 22.8. The van der Waals surface area contributed by atoms with E-state index in [1.54, 1.807) is 52.3 Å². The van der Waals surface area contributed by atoms with Gasteiger partial charge in [0.15, 0.2) is 0 Å². The molecule has 0 unspecified atom stereocenters. The molecule has 0 radical (unpaired) electrons. The summed E-state index contributed by atoms with van der Waals surface area (Å²) in [6, 6.07) is 19.6. The first-order chi connectivity index (χ1) is 16.9. The van der Waals surface area contributed by atoms with Crippen molar-refractivity contribution in [3.05, 3.63) is 101 Å². The van der Waals surface area contributed by atoms with Crippen molar-refractivity contribution in [2.24, 2.45) is 0 Å². The fraction of sp³-hybridized carbons (Fsp3) is 0.250. The number of nitrogens with one attached hydrogen (secondary N) is 1.